The summed E-state index contributed by atoms with van der Waals surface area (Å²) in [6.07, 6.45) is 0. The number of hydrogen-bond acceptors (Lipinski definition) is 3. The van der Waals surface area contributed by atoms with E-state index in [9.17, 15) is 4.39 Å². The summed E-state index contributed by atoms with van der Waals surface area (Å²) in [6, 6.07) is 4.85. The van der Waals surface area contributed by atoms with Gasteiger partial charge < -0.3 is 5.43 Å². The average Bonchev–Trinajstić information content (AvgIpc) is 2.19. The van der Waals surface area contributed by atoms with Crippen LogP contribution in [0.5, 0.6) is 0 Å². The van der Waals surface area contributed by atoms with Gasteiger partial charge in [0, 0.05) is 17.1 Å². The summed E-state index contributed by atoms with van der Waals surface area (Å²) < 4.78 is 13.7. The van der Waals surface area contributed by atoms with Crippen molar-refractivity contribution in [2.45, 2.75) is 6.92 Å². The number of aryl methyl sites for hydroxylation is 1. The Balaban J connectivity index is 2.84. The minimum atomic E-state index is -0.330. The van der Waals surface area contributed by atoms with Crippen molar-refractivity contribution >= 4 is 32.5 Å². The van der Waals surface area contributed by atoms with E-state index in [1.807, 2.05) is 13.0 Å². The number of rotatable bonds is 1. The van der Waals surface area contributed by atoms with E-state index in [0.717, 1.165) is 16.8 Å². The van der Waals surface area contributed by atoms with Crippen molar-refractivity contribution in [3.05, 3.63) is 34.2 Å². The Morgan fingerprint density at radius 2 is 2.13 bits per heavy atom. The summed E-state index contributed by atoms with van der Waals surface area (Å²) in [4.78, 5) is 4.23. The smallest absolute Gasteiger partial charge is 0.139 e. The maximum atomic E-state index is 13.3. The standard InChI is InChI=1S/C10H9BrFN3/c1-5-2-10(15-13)6-3-7(11)8(12)4-9(6)14-5/h2-4H,13H2,1H3,(H,14,15). The van der Waals surface area contributed by atoms with Crippen molar-refractivity contribution in [3.8, 4) is 0 Å². The number of nitrogens with two attached hydrogens (primary N) is 1. The Labute approximate surface area is 94.6 Å². The molecule has 0 aliphatic rings. The number of anilines is 1. The molecule has 1 heterocycles. The first kappa shape index (κ1) is 10.3. The number of benzene rings is 1. The third kappa shape index (κ3) is 1.80. The summed E-state index contributed by atoms with van der Waals surface area (Å²) >= 11 is 3.13. The second-order valence-corrected chi connectivity index (χ2v) is 4.09. The van der Waals surface area contributed by atoms with Gasteiger partial charge >= 0.3 is 0 Å². The summed E-state index contributed by atoms with van der Waals surface area (Å²) in [5.41, 5.74) is 4.68. The van der Waals surface area contributed by atoms with E-state index < -0.39 is 0 Å². The first-order valence-electron chi connectivity index (χ1n) is 4.35. The minimum Gasteiger partial charge on any atom is -0.323 e. The second kappa shape index (κ2) is 3.75. The predicted molar refractivity (Wildman–Crippen MR) is 61.9 cm³/mol. The van der Waals surface area contributed by atoms with Crippen molar-refractivity contribution in [2.75, 3.05) is 5.43 Å². The lowest BCUT2D eigenvalue weighted by Crippen LogP contribution is -2.08. The van der Waals surface area contributed by atoms with E-state index in [1.165, 1.54) is 6.07 Å². The molecule has 5 heteroatoms. The lowest BCUT2D eigenvalue weighted by atomic mass is 10.1. The van der Waals surface area contributed by atoms with E-state index in [1.54, 1.807) is 6.07 Å². The Morgan fingerprint density at radius 3 is 2.80 bits per heavy atom. The molecule has 0 saturated heterocycles. The van der Waals surface area contributed by atoms with Gasteiger partial charge in [-0.1, -0.05) is 0 Å². The molecule has 2 aromatic rings. The molecule has 0 spiro atoms. The average molecular weight is 270 g/mol. The van der Waals surface area contributed by atoms with Crippen molar-refractivity contribution < 1.29 is 4.39 Å². The highest BCUT2D eigenvalue weighted by atomic mass is 79.9. The van der Waals surface area contributed by atoms with Crippen LogP contribution in [-0.2, 0) is 0 Å². The summed E-state index contributed by atoms with van der Waals surface area (Å²) in [7, 11) is 0. The van der Waals surface area contributed by atoms with Gasteiger partial charge in [0.05, 0.1) is 15.7 Å². The SMILES string of the molecule is Cc1cc(NN)c2cc(Br)c(F)cc2n1. The lowest BCUT2D eigenvalue weighted by Gasteiger charge is -2.07. The maximum absolute atomic E-state index is 13.3. The van der Waals surface area contributed by atoms with Crippen LogP contribution < -0.4 is 11.3 Å². The number of halogens is 2. The highest BCUT2D eigenvalue weighted by Crippen LogP contribution is 2.27. The maximum Gasteiger partial charge on any atom is 0.139 e. The molecule has 15 heavy (non-hydrogen) atoms. The number of nitrogens with one attached hydrogen (secondary N) is 1. The van der Waals surface area contributed by atoms with Crippen LogP contribution in [0.2, 0.25) is 0 Å². The fourth-order valence-corrected chi connectivity index (χ4v) is 1.82. The largest absolute Gasteiger partial charge is 0.323 e. The summed E-state index contributed by atoms with van der Waals surface area (Å²) in [6.45, 7) is 1.83. The fourth-order valence-electron chi connectivity index (χ4n) is 1.47. The van der Waals surface area contributed by atoms with Crippen LogP contribution in [0.15, 0.2) is 22.7 Å². The van der Waals surface area contributed by atoms with Crippen LogP contribution >= 0.6 is 15.9 Å². The molecule has 2 rings (SSSR count). The van der Waals surface area contributed by atoms with Crippen LogP contribution in [0, 0.1) is 12.7 Å². The zero-order valence-corrected chi connectivity index (χ0v) is 9.60. The number of fused-ring (bicyclic) bond motifs is 1. The Hall–Kier alpha value is -1.20. The highest BCUT2D eigenvalue weighted by molar-refractivity contribution is 9.10. The van der Waals surface area contributed by atoms with E-state index in [2.05, 4.69) is 26.3 Å². The third-order valence-electron chi connectivity index (χ3n) is 2.13. The predicted octanol–water partition coefficient (Wildman–Crippen LogP) is 2.73. The van der Waals surface area contributed by atoms with Crippen LogP contribution in [0.4, 0.5) is 10.1 Å². The van der Waals surface area contributed by atoms with Crippen LogP contribution in [0.3, 0.4) is 0 Å². The lowest BCUT2D eigenvalue weighted by molar-refractivity contribution is 0.623. The first-order valence-corrected chi connectivity index (χ1v) is 5.14. The molecule has 0 aliphatic heterocycles. The summed E-state index contributed by atoms with van der Waals surface area (Å²) in [5.74, 6) is 5.06. The molecule has 1 aromatic heterocycles. The fraction of sp³-hybridized carbons (Fsp3) is 0.100. The van der Waals surface area contributed by atoms with Gasteiger partial charge in [0.25, 0.3) is 0 Å². The first-order chi connectivity index (χ1) is 7.11. The molecule has 0 bridgehead atoms. The van der Waals surface area contributed by atoms with Gasteiger partial charge in [0.15, 0.2) is 0 Å². The Morgan fingerprint density at radius 1 is 1.40 bits per heavy atom. The van der Waals surface area contributed by atoms with E-state index in [0.29, 0.717) is 9.99 Å². The number of nitrogen functional groups attached to an aromatic ring is 1. The summed E-state index contributed by atoms with van der Waals surface area (Å²) in [5, 5.41) is 0.788. The molecule has 0 radical (unpaired) electrons. The van der Waals surface area contributed by atoms with Crippen molar-refractivity contribution in [3.63, 3.8) is 0 Å². The number of hydrogen-bond donors (Lipinski definition) is 2. The number of aromatic nitrogens is 1. The minimum absolute atomic E-state index is 0.330. The highest BCUT2D eigenvalue weighted by Gasteiger charge is 2.07. The third-order valence-corrected chi connectivity index (χ3v) is 2.74. The molecular weight excluding hydrogens is 261 g/mol. The molecular formula is C10H9BrFN3. The molecule has 0 atom stereocenters. The van der Waals surface area contributed by atoms with Gasteiger partial charge in [0.1, 0.15) is 5.82 Å². The van der Waals surface area contributed by atoms with Crippen LogP contribution in [0.25, 0.3) is 10.9 Å². The second-order valence-electron chi connectivity index (χ2n) is 3.24. The molecule has 78 valence electrons. The molecule has 1 aromatic carbocycles. The number of pyridine rings is 1. The van der Waals surface area contributed by atoms with Gasteiger partial charge in [-0.2, -0.15) is 0 Å². The molecule has 3 nitrogen and oxygen atoms in total. The molecule has 0 unspecified atom stereocenters. The Bertz CT molecular complexity index is 528. The quantitative estimate of drug-likeness (QED) is 0.618. The molecule has 0 aliphatic carbocycles. The van der Waals surface area contributed by atoms with Crippen molar-refractivity contribution in [1.82, 2.24) is 4.98 Å². The van der Waals surface area contributed by atoms with Crippen LogP contribution in [0.1, 0.15) is 5.69 Å². The van der Waals surface area contributed by atoms with Gasteiger partial charge in [-0.15, -0.1) is 0 Å². The molecule has 3 N–H and O–H groups in total. The number of hydrazine groups is 1. The van der Waals surface area contributed by atoms with Gasteiger partial charge in [-0.25, -0.2) is 4.39 Å². The zero-order valence-electron chi connectivity index (χ0n) is 8.01. The Kier molecular flexibility index (Phi) is 2.58. The van der Waals surface area contributed by atoms with Crippen molar-refractivity contribution in [2.24, 2.45) is 5.84 Å². The van der Waals surface area contributed by atoms with E-state index in [4.69, 9.17) is 5.84 Å². The molecule has 0 saturated carbocycles. The normalized spacial score (nSPS) is 10.7. The zero-order chi connectivity index (χ0) is 11.0. The van der Waals surface area contributed by atoms with Crippen molar-refractivity contribution in [1.29, 1.82) is 0 Å². The van der Waals surface area contributed by atoms with Gasteiger partial charge in [0.2, 0.25) is 0 Å². The number of nitrogens with zero attached hydrogens (tertiary/aromatic N) is 1. The monoisotopic (exact) mass is 269 g/mol. The van der Waals surface area contributed by atoms with Gasteiger partial charge in [-0.05, 0) is 35.0 Å². The topological polar surface area (TPSA) is 50.9 Å². The van der Waals surface area contributed by atoms with E-state index in [-0.39, 0.29) is 5.82 Å². The van der Waals surface area contributed by atoms with Gasteiger partial charge in [-0.3, -0.25) is 10.8 Å². The molecule has 0 fully saturated rings. The van der Waals surface area contributed by atoms with E-state index >= 15 is 0 Å². The molecule has 0 amide bonds. The van der Waals surface area contributed by atoms with Crippen LogP contribution in [-0.4, -0.2) is 4.98 Å².